The highest BCUT2D eigenvalue weighted by Crippen LogP contribution is 2.30. The van der Waals surface area contributed by atoms with Gasteiger partial charge in [0.25, 0.3) is 10.0 Å². The van der Waals surface area contributed by atoms with Gasteiger partial charge >= 0.3 is 0 Å². The van der Waals surface area contributed by atoms with E-state index in [1.165, 1.54) is 4.31 Å². The SMILES string of the molecule is CC(C)n1cnc(S(=O)(=O)N2CCC(c3nnc4ccc(N(C)C)nn34)CC2)c1. The largest absolute Gasteiger partial charge is 0.361 e. The average molecular weight is 419 g/mol. The van der Waals surface area contributed by atoms with E-state index in [1.54, 1.807) is 21.6 Å². The molecule has 1 fully saturated rings. The monoisotopic (exact) mass is 418 g/mol. The summed E-state index contributed by atoms with van der Waals surface area (Å²) >= 11 is 0. The molecule has 0 saturated carbocycles. The van der Waals surface area contributed by atoms with E-state index in [0.29, 0.717) is 31.6 Å². The first-order valence-electron chi connectivity index (χ1n) is 9.70. The van der Waals surface area contributed by atoms with Crippen LogP contribution in [-0.4, -0.2) is 69.3 Å². The highest BCUT2D eigenvalue weighted by atomic mass is 32.2. The van der Waals surface area contributed by atoms with E-state index in [9.17, 15) is 8.42 Å². The normalized spacial score (nSPS) is 16.7. The molecule has 10 nitrogen and oxygen atoms in total. The van der Waals surface area contributed by atoms with Crippen molar-refractivity contribution in [3.05, 3.63) is 30.5 Å². The van der Waals surface area contributed by atoms with Gasteiger partial charge < -0.3 is 9.47 Å². The number of aromatic nitrogens is 6. The fourth-order valence-electron chi connectivity index (χ4n) is 3.51. The molecular formula is C18H26N8O2S. The Labute approximate surface area is 170 Å². The Morgan fingerprint density at radius 2 is 1.86 bits per heavy atom. The Kier molecular flexibility index (Phi) is 5.03. The van der Waals surface area contributed by atoms with Gasteiger partial charge in [0.15, 0.2) is 16.5 Å². The molecule has 1 saturated heterocycles. The molecule has 4 heterocycles. The van der Waals surface area contributed by atoms with Gasteiger partial charge in [-0.15, -0.1) is 15.3 Å². The number of nitrogens with zero attached hydrogens (tertiary/aromatic N) is 8. The standard InChI is InChI=1S/C18H26N8O2S/c1-13(2)24-11-17(19-12-24)29(27,28)25-9-7-14(8-10-25)18-21-20-15-5-6-16(23(3)4)22-26(15)18/h5-6,11-14H,7-10H2,1-4H3. The predicted molar refractivity (Wildman–Crippen MR) is 108 cm³/mol. The van der Waals surface area contributed by atoms with E-state index in [2.05, 4.69) is 20.3 Å². The van der Waals surface area contributed by atoms with Crippen molar-refractivity contribution < 1.29 is 8.42 Å². The summed E-state index contributed by atoms with van der Waals surface area (Å²) in [4.78, 5) is 6.04. The van der Waals surface area contributed by atoms with Crippen LogP contribution < -0.4 is 4.90 Å². The maximum absolute atomic E-state index is 12.9. The highest BCUT2D eigenvalue weighted by Gasteiger charge is 2.33. The number of anilines is 1. The van der Waals surface area contributed by atoms with Crippen molar-refractivity contribution in [3.63, 3.8) is 0 Å². The lowest BCUT2D eigenvalue weighted by molar-refractivity contribution is 0.310. The van der Waals surface area contributed by atoms with Crippen molar-refractivity contribution in [1.29, 1.82) is 0 Å². The van der Waals surface area contributed by atoms with Crippen molar-refractivity contribution >= 4 is 21.5 Å². The van der Waals surface area contributed by atoms with Crippen LogP contribution in [0.5, 0.6) is 0 Å². The van der Waals surface area contributed by atoms with Gasteiger partial charge in [-0.25, -0.2) is 13.4 Å². The van der Waals surface area contributed by atoms with E-state index >= 15 is 0 Å². The zero-order valence-corrected chi connectivity index (χ0v) is 17.9. The highest BCUT2D eigenvalue weighted by molar-refractivity contribution is 7.89. The van der Waals surface area contributed by atoms with Gasteiger partial charge in [0, 0.05) is 45.3 Å². The van der Waals surface area contributed by atoms with Crippen molar-refractivity contribution in [3.8, 4) is 0 Å². The molecule has 0 radical (unpaired) electrons. The zero-order valence-electron chi connectivity index (χ0n) is 17.1. The molecule has 11 heteroatoms. The predicted octanol–water partition coefficient (Wildman–Crippen LogP) is 1.54. The van der Waals surface area contributed by atoms with Crippen molar-refractivity contribution in [1.82, 2.24) is 33.7 Å². The quantitative estimate of drug-likeness (QED) is 0.619. The number of rotatable bonds is 5. The van der Waals surface area contributed by atoms with Crippen LogP contribution in [0.3, 0.4) is 0 Å². The van der Waals surface area contributed by atoms with Gasteiger partial charge in [-0.2, -0.15) is 8.82 Å². The van der Waals surface area contributed by atoms with E-state index in [4.69, 9.17) is 0 Å². The number of fused-ring (bicyclic) bond motifs is 1. The van der Waals surface area contributed by atoms with Crippen LogP contribution in [0.2, 0.25) is 0 Å². The third kappa shape index (κ3) is 3.60. The van der Waals surface area contributed by atoms with Crippen LogP contribution in [0.25, 0.3) is 5.65 Å². The molecule has 3 aromatic rings. The minimum atomic E-state index is -3.59. The van der Waals surface area contributed by atoms with E-state index < -0.39 is 10.0 Å². The summed E-state index contributed by atoms with van der Waals surface area (Å²) in [6.45, 7) is 4.82. The Morgan fingerprint density at radius 3 is 2.48 bits per heavy atom. The van der Waals surface area contributed by atoms with Crippen LogP contribution in [0.1, 0.15) is 44.5 Å². The average Bonchev–Trinajstić information content (AvgIpc) is 3.35. The second-order valence-corrected chi connectivity index (χ2v) is 9.73. The lowest BCUT2D eigenvalue weighted by atomic mass is 9.97. The molecule has 0 spiro atoms. The molecule has 1 aliphatic rings. The van der Waals surface area contributed by atoms with E-state index in [1.807, 2.05) is 45.0 Å². The fourth-order valence-corrected chi connectivity index (χ4v) is 4.90. The maximum atomic E-state index is 12.9. The summed E-state index contributed by atoms with van der Waals surface area (Å²) < 4.78 is 31.0. The van der Waals surface area contributed by atoms with Gasteiger partial charge in [0.05, 0.1) is 6.33 Å². The molecule has 0 aliphatic carbocycles. The van der Waals surface area contributed by atoms with Gasteiger partial charge in [-0.3, -0.25) is 0 Å². The minimum absolute atomic E-state index is 0.106. The molecule has 4 rings (SSSR count). The minimum Gasteiger partial charge on any atom is -0.361 e. The molecule has 156 valence electrons. The first-order valence-corrected chi connectivity index (χ1v) is 11.1. The van der Waals surface area contributed by atoms with Crippen LogP contribution in [-0.2, 0) is 10.0 Å². The second-order valence-electron chi connectivity index (χ2n) is 7.85. The molecule has 0 aromatic carbocycles. The van der Waals surface area contributed by atoms with Gasteiger partial charge in [-0.05, 0) is 38.8 Å². The van der Waals surface area contributed by atoms with Gasteiger partial charge in [-0.1, -0.05) is 0 Å². The summed E-state index contributed by atoms with van der Waals surface area (Å²) in [7, 11) is 0.274. The van der Waals surface area contributed by atoms with Crippen molar-refractivity contribution in [2.24, 2.45) is 0 Å². The Balaban J connectivity index is 1.52. The summed E-state index contributed by atoms with van der Waals surface area (Å²) in [6, 6.07) is 3.96. The van der Waals surface area contributed by atoms with Crippen LogP contribution in [0.4, 0.5) is 5.82 Å². The summed E-state index contributed by atoms with van der Waals surface area (Å²) in [5, 5.41) is 13.3. The molecule has 0 atom stereocenters. The number of piperidine rings is 1. The fraction of sp³-hybridized carbons (Fsp3) is 0.556. The topological polar surface area (TPSA) is 102 Å². The molecule has 1 aliphatic heterocycles. The van der Waals surface area contributed by atoms with Gasteiger partial charge in [0.2, 0.25) is 0 Å². The molecular weight excluding hydrogens is 392 g/mol. The van der Waals surface area contributed by atoms with Gasteiger partial charge in [0.1, 0.15) is 5.82 Å². The number of sulfonamides is 1. The molecule has 0 amide bonds. The van der Waals surface area contributed by atoms with Crippen LogP contribution >= 0.6 is 0 Å². The lowest BCUT2D eigenvalue weighted by Gasteiger charge is -2.29. The first-order chi connectivity index (χ1) is 13.8. The first kappa shape index (κ1) is 19.8. The van der Waals surface area contributed by atoms with Crippen molar-refractivity contribution in [2.75, 3.05) is 32.1 Å². The maximum Gasteiger partial charge on any atom is 0.262 e. The molecule has 0 N–H and O–H groups in total. The summed E-state index contributed by atoms with van der Waals surface area (Å²) in [6.07, 6.45) is 4.50. The Hall–Kier alpha value is -2.53. The third-order valence-electron chi connectivity index (χ3n) is 5.33. The lowest BCUT2D eigenvalue weighted by Crippen LogP contribution is -2.38. The number of imidazole rings is 1. The van der Waals surface area contributed by atoms with Crippen LogP contribution in [0, 0.1) is 0 Å². The summed E-state index contributed by atoms with van der Waals surface area (Å²) in [5.41, 5.74) is 0.694. The molecule has 3 aromatic heterocycles. The Bertz CT molecular complexity index is 1110. The van der Waals surface area contributed by atoms with E-state index in [0.717, 1.165) is 11.6 Å². The molecule has 0 bridgehead atoms. The molecule has 29 heavy (non-hydrogen) atoms. The zero-order chi connectivity index (χ0) is 20.8. The molecule has 0 unspecified atom stereocenters. The number of hydrogen-bond donors (Lipinski definition) is 0. The number of hydrogen-bond acceptors (Lipinski definition) is 7. The summed E-state index contributed by atoms with van der Waals surface area (Å²) in [5.74, 6) is 1.71. The van der Waals surface area contributed by atoms with Crippen molar-refractivity contribution in [2.45, 2.75) is 43.7 Å². The second kappa shape index (κ2) is 7.38. The van der Waals surface area contributed by atoms with E-state index in [-0.39, 0.29) is 17.0 Å². The third-order valence-corrected chi connectivity index (χ3v) is 7.11. The van der Waals surface area contributed by atoms with Crippen LogP contribution in [0.15, 0.2) is 29.7 Å². The Morgan fingerprint density at radius 1 is 1.14 bits per heavy atom. The smallest absolute Gasteiger partial charge is 0.262 e.